The minimum atomic E-state index is 0.422. The van der Waals surface area contributed by atoms with E-state index >= 15 is 0 Å². The SMILES string of the molecule is c1cnc(-c2noc(C3CCCCCC3)n2)cn1. The van der Waals surface area contributed by atoms with E-state index in [1.807, 2.05) is 0 Å². The molecule has 0 unspecified atom stereocenters. The fourth-order valence-corrected chi connectivity index (χ4v) is 2.45. The lowest BCUT2D eigenvalue weighted by Gasteiger charge is -2.06. The molecule has 0 radical (unpaired) electrons. The topological polar surface area (TPSA) is 64.7 Å². The van der Waals surface area contributed by atoms with E-state index in [0.717, 1.165) is 18.7 Å². The van der Waals surface area contributed by atoms with Gasteiger partial charge in [0.15, 0.2) is 0 Å². The molecule has 0 spiro atoms. The third kappa shape index (κ3) is 2.39. The fourth-order valence-electron chi connectivity index (χ4n) is 2.45. The van der Waals surface area contributed by atoms with Crippen LogP contribution in [0.2, 0.25) is 0 Å². The molecule has 0 atom stereocenters. The summed E-state index contributed by atoms with van der Waals surface area (Å²) < 4.78 is 5.39. The van der Waals surface area contributed by atoms with Gasteiger partial charge in [-0.15, -0.1) is 0 Å². The van der Waals surface area contributed by atoms with Crippen molar-refractivity contribution in [3.05, 3.63) is 24.5 Å². The molecule has 2 aromatic rings. The molecule has 0 amide bonds. The lowest BCUT2D eigenvalue weighted by Crippen LogP contribution is -1.97. The zero-order chi connectivity index (χ0) is 12.2. The van der Waals surface area contributed by atoms with Crippen LogP contribution in [0.15, 0.2) is 23.1 Å². The van der Waals surface area contributed by atoms with Crippen LogP contribution >= 0.6 is 0 Å². The van der Waals surface area contributed by atoms with Crippen molar-refractivity contribution >= 4 is 0 Å². The van der Waals surface area contributed by atoms with Gasteiger partial charge in [0.1, 0.15) is 5.69 Å². The zero-order valence-electron chi connectivity index (χ0n) is 10.2. The number of hydrogen-bond acceptors (Lipinski definition) is 5. The van der Waals surface area contributed by atoms with Gasteiger partial charge < -0.3 is 4.52 Å². The van der Waals surface area contributed by atoms with Gasteiger partial charge in [-0.2, -0.15) is 4.98 Å². The summed E-state index contributed by atoms with van der Waals surface area (Å²) >= 11 is 0. The number of nitrogens with zero attached hydrogens (tertiary/aromatic N) is 4. The molecule has 1 saturated carbocycles. The second-order valence-corrected chi connectivity index (χ2v) is 4.74. The van der Waals surface area contributed by atoms with Crippen molar-refractivity contribution in [2.24, 2.45) is 0 Å². The second-order valence-electron chi connectivity index (χ2n) is 4.74. The van der Waals surface area contributed by atoms with Gasteiger partial charge >= 0.3 is 0 Å². The minimum absolute atomic E-state index is 0.422. The molecule has 0 N–H and O–H groups in total. The predicted octanol–water partition coefficient (Wildman–Crippen LogP) is 2.96. The molecule has 0 saturated heterocycles. The van der Waals surface area contributed by atoms with Gasteiger partial charge in [0, 0.05) is 18.3 Å². The van der Waals surface area contributed by atoms with E-state index in [1.165, 1.54) is 25.7 Å². The molecule has 1 aliphatic carbocycles. The van der Waals surface area contributed by atoms with E-state index in [2.05, 4.69) is 20.1 Å². The molecule has 2 aromatic heterocycles. The van der Waals surface area contributed by atoms with Crippen LogP contribution in [-0.2, 0) is 0 Å². The first kappa shape index (κ1) is 11.3. The highest BCUT2D eigenvalue weighted by Gasteiger charge is 2.21. The van der Waals surface area contributed by atoms with Gasteiger partial charge in [0.05, 0.1) is 6.20 Å². The Bertz CT molecular complexity index is 489. The average Bonchev–Trinajstić information content (AvgIpc) is 2.76. The third-order valence-corrected chi connectivity index (χ3v) is 3.44. The molecule has 1 aliphatic rings. The Morgan fingerprint density at radius 2 is 1.89 bits per heavy atom. The molecule has 5 nitrogen and oxygen atoms in total. The summed E-state index contributed by atoms with van der Waals surface area (Å²) in [6, 6.07) is 0. The zero-order valence-corrected chi connectivity index (χ0v) is 10.2. The Labute approximate surface area is 106 Å². The maximum atomic E-state index is 5.39. The Balaban J connectivity index is 1.80. The summed E-state index contributed by atoms with van der Waals surface area (Å²) in [5.74, 6) is 1.73. The van der Waals surface area contributed by atoms with E-state index in [0.29, 0.717) is 17.4 Å². The Hall–Kier alpha value is -1.78. The molecule has 0 aromatic carbocycles. The summed E-state index contributed by atoms with van der Waals surface area (Å²) in [7, 11) is 0. The van der Waals surface area contributed by atoms with Crippen LogP contribution in [0.5, 0.6) is 0 Å². The molecule has 3 rings (SSSR count). The van der Waals surface area contributed by atoms with Crippen LogP contribution in [0.3, 0.4) is 0 Å². The largest absolute Gasteiger partial charge is 0.339 e. The van der Waals surface area contributed by atoms with Crippen molar-refractivity contribution in [3.8, 4) is 11.5 Å². The number of rotatable bonds is 2. The first-order chi connectivity index (χ1) is 8.93. The molecular weight excluding hydrogens is 228 g/mol. The van der Waals surface area contributed by atoms with Crippen molar-refractivity contribution < 1.29 is 4.52 Å². The van der Waals surface area contributed by atoms with E-state index in [-0.39, 0.29) is 0 Å². The van der Waals surface area contributed by atoms with Crippen LogP contribution < -0.4 is 0 Å². The summed E-state index contributed by atoms with van der Waals surface area (Å²) in [4.78, 5) is 12.7. The standard InChI is InChI=1S/C13H16N4O/c1-2-4-6-10(5-3-1)13-16-12(17-18-13)11-9-14-7-8-15-11/h7-10H,1-6H2. The van der Waals surface area contributed by atoms with Crippen LogP contribution in [-0.4, -0.2) is 20.1 Å². The molecule has 0 aliphatic heterocycles. The van der Waals surface area contributed by atoms with Gasteiger partial charge in [-0.05, 0) is 12.8 Å². The summed E-state index contributed by atoms with van der Waals surface area (Å²) in [6.45, 7) is 0. The molecule has 0 bridgehead atoms. The summed E-state index contributed by atoms with van der Waals surface area (Å²) in [5, 5.41) is 4.00. The monoisotopic (exact) mass is 244 g/mol. The average molecular weight is 244 g/mol. The van der Waals surface area contributed by atoms with Crippen LogP contribution in [0.25, 0.3) is 11.5 Å². The normalized spacial score (nSPS) is 17.6. The molecular formula is C13H16N4O. The molecule has 94 valence electrons. The van der Waals surface area contributed by atoms with Gasteiger partial charge in [-0.3, -0.25) is 4.98 Å². The maximum absolute atomic E-state index is 5.39. The first-order valence-electron chi connectivity index (χ1n) is 6.53. The maximum Gasteiger partial charge on any atom is 0.230 e. The van der Waals surface area contributed by atoms with E-state index in [1.54, 1.807) is 18.6 Å². The fraction of sp³-hybridized carbons (Fsp3) is 0.538. The van der Waals surface area contributed by atoms with Gasteiger partial charge in [0.25, 0.3) is 0 Å². The first-order valence-corrected chi connectivity index (χ1v) is 6.53. The quantitative estimate of drug-likeness (QED) is 0.760. The van der Waals surface area contributed by atoms with Crippen molar-refractivity contribution in [1.29, 1.82) is 0 Å². The van der Waals surface area contributed by atoms with Crippen molar-refractivity contribution in [2.75, 3.05) is 0 Å². The minimum Gasteiger partial charge on any atom is -0.339 e. The van der Waals surface area contributed by atoms with E-state index in [9.17, 15) is 0 Å². The van der Waals surface area contributed by atoms with Gasteiger partial charge in [-0.1, -0.05) is 30.8 Å². The number of hydrogen-bond donors (Lipinski definition) is 0. The molecule has 2 heterocycles. The highest BCUT2D eigenvalue weighted by molar-refractivity contribution is 5.45. The Morgan fingerprint density at radius 1 is 1.06 bits per heavy atom. The lowest BCUT2D eigenvalue weighted by atomic mass is 10.0. The third-order valence-electron chi connectivity index (χ3n) is 3.44. The molecule has 18 heavy (non-hydrogen) atoms. The summed E-state index contributed by atoms with van der Waals surface area (Å²) in [6.07, 6.45) is 12.4. The van der Waals surface area contributed by atoms with Crippen LogP contribution in [0.1, 0.15) is 50.3 Å². The van der Waals surface area contributed by atoms with Gasteiger partial charge in [-0.25, -0.2) is 4.98 Å². The lowest BCUT2D eigenvalue weighted by molar-refractivity contribution is 0.340. The molecule has 1 fully saturated rings. The van der Waals surface area contributed by atoms with E-state index < -0.39 is 0 Å². The van der Waals surface area contributed by atoms with Crippen molar-refractivity contribution in [3.63, 3.8) is 0 Å². The molecule has 5 heteroatoms. The Morgan fingerprint density at radius 3 is 2.61 bits per heavy atom. The predicted molar refractivity (Wildman–Crippen MR) is 65.8 cm³/mol. The van der Waals surface area contributed by atoms with Gasteiger partial charge in [0.2, 0.25) is 11.7 Å². The van der Waals surface area contributed by atoms with Crippen molar-refractivity contribution in [1.82, 2.24) is 20.1 Å². The van der Waals surface area contributed by atoms with E-state index in [4.69, 9.17) is 4.52 Å². The highest BCUT2D eigenvalue weighted by atomic mass is 16.5. The summed E-state index contributed by atoms with van der Waals surface area (Å²) in [5.41, 5.74) is 0.668. The number of aromatic nitrogens is 4. The highest BCUT2D eigenvalue weighted by Crippen LogP contribution is 2.31. The second kappa shape index (κ2) is 5.25. The Kier molecular flexibility index (Phi) is 3.30. The van der Waals surface area contributed by atoms with Crippen LogP contribution in [0, 0.1) is 0 Å². The van der Waals surface area contributed by atoms with Crippen molar-refractivity contribution in [2.45, 2.75) is 44.4 Å². The smallest absolute Gasteiger partial charge is 0.230 e. The van der Waals surface area contributed by atoms with Crippen LogP contribution in [0.4, 0.5) is 0 Å².